The van der Waals surface area contributed by atoms with Gasteiger partial charge < -0.3 is 10.5 Å². The summed E-state index contributed by atoms with van der Waals surface area (Å²) in [5.41, 5.74) is 5.54. The van der Waals surface area contributed by atoms with Crippen molar-refractivity contribution in [2.45, 2.75) is 12.9 Å². The minimum Gasteiger partial charge on any atom is -0.388 e. The van der Waals surface area contributed by atoms with E-state index in [2.05, 4.69) is 9.72 Å². The van der Waals surface area contributed by atoms with Crippen molar-refractivity contribution in [1.82, 2.24) is 4.98 Å². The molecule has 0 aliphatic carbocycles. The van der Waals surface area contributed by atoms with Crippen LogP contribution in [0.2, 0.25) is 0 Å². The van der Waals surface area contributed by atoms with Crippen LogP contribution < -0.4 is 10.5 Å². The van der Waals surface area contributed by atoms with E-state index in [-0.39, 0.29) is 17.8 Å². The van der Waals surface area contributed by atoms with E-state index in [0.717, 1.165) is 6.07 Å². The molecular weight excluding hydrogens is 340 g/mol. The maximum Gasteiger partial charge on any atom is 0.574 e. The zero-order chi connectivity index (χ0) is 12.3. The van der Waals surface area contributed by atoms with Gasteiger partial charge in [-0.3, -0.25) is 4.79 Å². The van der Waals surface area contributed by atoms with Crippen LogP contribution in [0.15, 0.2) is 6.07 Å². The summed E-state index contributed by atoms with van der Waals surface area (Å²) in [6.07, 6.45) is -4.42. The fourth-order valence-corrected chi connectivity index (χ4v) is 1.59. The molecule has 0 saturated carbocycles. The molecule has 88 valence electrons. The fraction of sp³-hybridized carbons (Fsp3) is 0.250. The Bertz CT molecular complexity index is 409. The van der Waals surface area contributed by atoms with Crippen LogP contribution in [0, 0.1) is 3.57 Å². The van der Waals surface area contributed by atoms with Crippen LogP contribution in [-0.4, -0.2) is 17.6 Å². The maximum absolute atomic E-state index is 11.9. The first-order valence-electron chi connectivity index (χ1n) is 3.97. The van der Waals surface area contributed by atoms with Crippen molar-refractivity contribution >= 4 is 28.9 Å². The number of nitrogens with zero attached hydrogens (tertiary/aromatic N) is 1. The molecule has 1 rings (SSSR count). The van der Waals surface area contributed by atoms with Crippen molar-refractivity contribution in [1.29, 1.82) is 0 Å². The number of aldehydes is 1. The van der Waals surface area contributed by atoms with Crippen molar-refractivity contribution in [2.24, 2.45) is 5.73 Å². The van der Waals surface area contributed by atoms with Crippen molar-refractivity contribution in [3.63, 3.8) is 0 Å². The molecular formula is C8H6F3IN2O2. The zero-order valence-corrected chi connectivity index (χ0v) is 9.87. The zero-order valence-electron chi connectivity index (χ0n) is 7.71. The molecule has 0 unspecified atom stereocenters. The van der Waals surface area contributed by atoms with Crippen LogP contribution in [0.5, 0.6) is 5.88 Å². The lowest BCUT2D eigenvalue weighted by Gasteiger charge is -2.10. The van der Waals surface area contributed by atoms with Gasteiger partial charge in [-0.1, -0.05) is 0 Å². The number of pyridine rings is 1. The van der Waals surface area contributed by atoms with E-state index in [1.165, 1.54) is 0 Å². The molecule has 0 saturated heterocycles. The lowest BCUT2D eigenvalue weighted by atomic mass is 10.2. The minimum absolute atomic E-state index is 0.0651. The van der Waals surface area contributed by atoms with Gasteiger partial charge in [0, 0.05) is 21.7 Å². The summed E-state index contributed by atoms with van der Waals surface area (Å²) in [6, 6.07) is 0.918. The fourth-order valence-electron chi connectivity index (χ4n) is 0.969. The van der Waals surface area contributed by atoms with Gasteiger partial charge in [-0.2, -0.15) is 0 Å². The summed E-state index contributed by atoms with van der Waals surface area (Å²) in [7, 11) is 0. The lowest BCUT2D eigenvalue weighted by molar-refractivity contribution is -0.276. The van der Waals surface area contributed by atoms with Crippen molar-refractivity contribution < 1.29 is 22.7 Å². The summed E-state index contributed by atoms with van der Waals surface area (Å²) in [5, 5.41) is 0. The molecule has 0 aliphatic rings. The number of aromatic nitrogens is 1. The molecule has 0 bridgehead atoms. The van der Waals surface area contributed by atoms with Gasteiger partial charge in [-0.05, 0) is 22.6 Å². The highest BCUT2D eigenvalue weighted by Gasteiger charge is 2.32. The average molecular weight is 346 g/mol. The first kappa shape index (κ1) is 13.2. The van der Waals surface area contributed by atoms with E-state index >= 15 is 0 Å². The second kappa shape index (κ2) is 4.95. The van der Waals surface area contributed by atoms with Gasteiger partial charge in [0.25, 0.3) is 0 Å². The van der Waals surface area contributed by atoms with Crippen LogP contribution in [0.25, 0.3) is 0 Å². The first-order chi connectivity index (χ1) is 7.37. The second-order valence-corrected chi connectivity index (χ2v) is 3.76. The summed E-state index contributed by atoms with van der Waals surface area (Å²) in [4.78, 5) is 14.2. The maximum atomic E-state index is 11.9. The molecule has 0 fully saturated rings. The summed E-state index contributed by atoms with van der Waals surface area (Å²) < 4.78 is 39.8. The number of carbonyl (C=O) groups is 1. The standard InChI is InChI=1S/C8H6F3IN2O2/c9-8(10,11)16-6-1-4(3-15)7(12)5(2-13)14-6/h1,3H,2,13H2. The number of halogens is 4. The molecule has 4 nitrogen and oxygen atoms in total. The predicted molar refractivity (Wildman–Crippen MR) is 56.9 cm³/mol. The number of ether oxygens (including phenoxy) is 1. The van der Waals surface area contributed by atoms with E-state index in [1.807, 2.05) is 0 Å². The second-order valence-electron chi connectivity index (χ2n) is 2.68. The third-order valence-corrected chi connectivity index (χ3v) is 2.82. The molecule has 0 aliphatic heterocycles. The number of hydrogen-bond donors (Lipinski definition) is 1. The van der Waals surface area contributed by atoms with Gasteiger partial charge in [0.2, 0.25) is 5.88 Å². The SMILES string of the molecule is NCc1nc(OC(F)(F)F)cc(C=O)c1I. The monoisotopic (exact) mass is 346 g/mol. The van der Waals surface area contributed by atoms with E-state index in [9.17, 15) is 18.0 Å². The van der Waals surface area contributed by atoms with Crippen LogP contribution >= 0.6 is 22.6 Å². The summed E-state index contributed by atoms with van der Waals surface area (Å²) >= 11 is 1.78. The Morgan fingerprint density at radius 2 is 2.19 bits per heavy atom. The van der Waals surface area contributed by atoms with Gasteiger partial charge >= 0.3 is 6.36 Å². The predicted octanol–water partition coefficient (Wildman–Crippen LogP) is 1.86. The highest BCUT2D eigenvalue weighted by molar-refractivity contribution is 14.1. The lowest BCUT2D eigenvalue weighted by Crippen LogP contribution is -2.19. The number of alkyl halides is 3. The Balaban J connectivity index is 3.17. The van der Waals surface area contributed by atoms with E-state index in [0.29, 0.717) is 9.86 Å². The number of hydrogen-bond acceptors (Lipinski definition) is 4. The van der Waals surface area contributed by atoms with Crippen molar-refractivity contribution in [2.75, 3.05) is 0 Å². The van der Waals surface area contributed by atoms with Crippen LogP contribution in [0.3, 0.4) is 0 Å². The highest BCUT2D eigenvalue weighted by Crippen LogP contribution is 2.24. The molecule has 0 atom stereocenters. The molecule has 1 heterocycles. The topological polar surface area (TPSA) is 65.2 Å². The minimum atomic E-state index is -4.84. The molecule has 16 heavy (non-hydrogen) atoms. The largest absolute Gasteiger partial charge is 0.574 e. The molecule has 2 N–H and O–H groups in total. The Morgan fingerprint density at radius 1 is 1.56 bits per heavy atom. The van der Waals surface area contributed by atoms with Gasteiger partial charge in [-0.15, -0.1) is 13.2 Å². The smallest absolute Gasteiger partial charge is 0.388 e. The summed E-state index contributed by atoms with van der Waals surface area (Å²) in [6.45, 7) is -0.0752. The Labute approximate surface area is 102 Å². The molecule has 1 aromatic rings. The van der Waals surface area contributed by atoms with Crippen LogP contribution in [0.4, 0.5) is 13.2 Å². The molecule has 0 amide bonds. The Morgan fingerprint density at radius 3 is 2.62 bits per heavy atom. The molecule has 1 aromatic heterocycles. The number of rotatable bonds is 3. The summed E-state index contributed by atoms with van der Waals surface area (Å²) in [5.74, 6) is -0.685. The molecule has 0 spiro atoms. The van der Waals surface area contributed by atoms with Crippen molar-refractivity contribution in [3.8, 4) is 5.88 Å². The van der Waals surface area contributed by atoms with Gasteiger partial charge in [-0.25, -0.2) is 4.98 Å². The van der Waals surface area contributed by atoms with Gasteiger partial charge in [0.05, 0.1) is 5.69 Å². The Hall–Kier alpha value is -0.900. The first-order valence-corrected chi connectivity index (χ1v) is 5.05. The third-order valence-electron chi connectivity index (χ3n) is 1.57. The molecule has 0 radical (unpaired) electrons. The average Bonchev–Trinajstić information content (AvgIpc) is 2.18. The van der Waals surface area contributed by atoms with E-state index < -0.39 is 12.2 Å². The highest BCUT2D eigenvalue weighted by atomic mass is 127. The van der Waals surface area contributed by atoms with E-state index in [4.69, 9.17) is 5.73 Å². The quantitative estimate of drug-likeness (QED) is 0.670. The third kappa shape index (κ3) is 3.30. The number of nitrogens with two attached hydrogens (primary N) is 1. The normalized spacial score (nSPS) is 11.3. The van der Waals surface area contributed by atoms with E-state index in [1.54, 1.807) is 22.6 Å². The Kier molecular flexibility index (Phi) is 4.08. The van der Waals surface area contributed by atoms with Crippen molar-refractivity contribution in [3.05, 3.63) is 20.9 Å². The van der Waals surface area contributed by atoms with Gasteiger partial charge in [0.15, 0.2) is 6.29 Å². The molecule has 0 aromatic carbocycles. The van der Waals surface area contributed by atoms with Crippen LogP contribution in [0.1, 0.15) is 16.1 Å². The van der Waals surface area contributed by atoms with Crippen LogP contribution in [-0.2, 0) is 6.54 Å². The molecule has 8 heteroatoms. The van der Waals surface area contributed by atoms with Gasteiger partial charge in [0.1, 0.15) is 0 Å². The number of carbonyl (C=O) groups excluding carboxylic acids is 1.